The molecule has 0 spiro atoms. The van der Waals surface area contributed by atoms with Crippen LogP contribution in [0.5, 0.6) is 0 Å². The minimum atomic E-state index is -1.13. The quantitative estimate of drug-likeness (QED) is 0.783. The summed E-state index contributed by atoms with van der Waals surface area (Å²) >= 11 is 0. The number of carboxylic acid groups (broad SMARTS) is 1. The molecule has 1 unspecified atom stereocenters. The number of nitrogens with zero attached hydrogens (tertiary/aromatic N) is 2. The van der Waals surface area contributed by atoms with Crippen molar-refractivity contribution in [3.05, 3.63) is 23.3 Å². The van der Waals surface area contributed by atoms with E-state index in [2.05, 4.69) is 10.1 Å². The number of aromatic carboxylic acids is 1. The fraction of sp³-hybridized carbons (Fsp3) is 0.300. The van der Waals surface area contributed by atoms with E-state index in [1.165, 1.54) is 6.39 Å². The van der Waals surface area contributed by atoms with Gasteiger partial charge in [0, 0.05) is 17.9 Å². The van der Waals surface area contributed by atoms with Crippen LogP contribution in [0.1, 0.15) is 27.7 Å². The highest BCUT2D eigenvalue weighted by molar-refractivity contribution is 5.89. The highest BCUT2D eigenvalue weighted by atomic mass is 16.5. The van der Waals surface area contributed by atoms with Gasteiger partial charge in [0.2, 0.25) is 5.76 Å². The number of hydrogen-bond donors (Lipinski definition) is 2. The number of hydrogen-bond acceptors (Lipinski definition) is 6. The second kappa shape index (κ2) is 3.42. The van der Waals surface area contributed by atoms with Crippen LogP contribution < -0.4 is 5.73 Å². The lowest BCUT2D eigenvalue weighted by atomic mass is 9.86. The summed E-state index contributed by atoms with van der Waals surface area (Å²) in [7, 11) is 0. The number of rotatable bonds is 2. The number of aromatic nitrogens is 2. The van der Waals surface area contributed by atoms with E-state index in [1.54, 1.807) is 0 Å². The van der Waals surface area contributed by atoms with Gasteiger partial charge in [0.1, 0.15) is 0 Å². The minimum absolute atomic E-state index is 0.0995. The van der Waals surface area contributed by atoms with Crippen LogP contribution in [0.3, 0.4) is 0 Å². The first-order valence-electron chi connectivity index (χ1n) is 5.08. The molecule has 3 rings (SSSR count). The molecule has 0 radical (unpaired) electrons. The second-order valence-corrected chi connectivity index (χ2v) is 3.84. The molecule has 1 atom stereocenters. The number of oxazole rings is 1. The molecular formula is C10H9N3O4. The van der Waals surface area contributed by atoms with Gasteiger partial charge in [-0.15, -0.1) is 0 Å². The monoisotopic (exact) mass is 235 g/mol. The molecule has 0 aromatic carbocycles. The third-order valence-corrected chi connectivity index (χ3v) is 2.91. The smallest absolute Gasteiger partial charge is 0.358 e. The van der Waals surface area contributed by atoms with E-state index < -0.39 is 5.97 Å². The maximum atomic E-state index is 11.0. The van der Waals surface area contributed by atoms with Crippen molar-refractivity contribution in [2.45, 2.75) is 12.3 Å². The Morgan fingerprint density at radius 3 is 3.12 bits per heavy atom. The molecule has 0 saturated carbocycles. The Labute approximate surface area is 95.2 Å². The van der Waals surface area contributed by atoms with Crippen molar-refractivity contribution in [2.75, 3.05) is 6.54 Å². The Hall–Kier alpha value is -2.15. The molecule has 0 saturated heterocycles. The summed E-state index contributed by atoms with van der Waals surface area (Å²) in [4.78, 5) is 15.1. The molecule has 2 aromatic heterocycles. The fourth-order valence-corrected chi connectivity index (χ4v) is 2.13. The lowest BCUT2D eigenvalue weighted by Crippen LogP contribution is -2.20. The fourth-order valence-electron chi connectivity index (χ4n) is 2.13. The minimum Gasteiger partial charge on any atom is -0.476 e. The van der Waals surface area contributed by atoms with Gasteiger partial charge in [0.15, 0.2) is 17.8 Å². The van der Waals surface area contributed by atoms with Crippen LogP contribution in [0.15, 0.2) is 15.3 Å². The summed E-state index contributed by atoms with van der Waals surface area (Å²) < 4.78 is 10.2. The third kappa shape index (κ3) is 1.29. The van der Waals surface area contributed by atoms with E-state index >= 15 is 0 Å². The Morgan fingerprint density at radius 2 is 2.41 bits per heavy atom. The van der Waals surface area contributed by atoms with Gasteiger partial charge in [-0.2, -0.15) is 0 Å². The molecule has 88 valence electrons. The van der Waals surface area contributed by atoms with Gasteiger partial charge in [-0.05, 0) is 6.54 Å². The molecule has 2 heterocycles. The zero-order valence-corrected chi connectivity index (χ0v) is 8.71. The van der Waals surface area contributed by atoms with Crippen molar-refractivity contribution < 1.29 is 18.8 Å². The molecule has 1 aliphatic rings. The molecule has 7 nitrogen and oxygen atoms in total. The molecule has 3 N–H and O–H groups in total. The van der Waals surface area contributed by atoms with Gasteiger partial charge in [-0.3, -0.25) is 0 Å². The van der Waals surface area contributed by atoms with Gasteiger partial charge in [-0.1, -0.05) is 5.16 Å². The van der Waals surface area contributed by atoms with E-state index in [1.807, 2.05) is 0 Å². The van der Waals surface area contributed by atoms with Crippen LogP contribution in [0, 0.1) is 0 Å². The first kappa shape index (κ1) is 10.0. The van der Waals surface area contributed by atoms with Crippen molar-refractivity contribution in [2.24, 2.45) is 5.73 Å². The topological polar surface area (TPSA) is 115 Å². The standard InChI is InChI=1S/C10H9N3O4/c11-2-4-1-5-8(16-3-12-5)9-6(4)7(10(14)15)13-17-9/h3-4H,1-2,11H2,(H,14,15). The van der Waals surface area contributed by atoms with Gasteiger partial charge in [0.25, 0.3) is 0 Å². The van der Waals surface area contributed by atoms with Crippen molar-refractivity contribution in [3.63, 3.8) is 0 Å². The zero-order valence-electron chi connectivity index (χ0n) is 8.71. The molecule has 0 aliphatic heterocycles. The average Bonchev–Trinajstić information content (AvgIpc) is 2.93. The van der Waals surface area contributed by atoms with Crippen molar-refractivity contribution >= 4 is 5.97 Å². The molecule has 0 bridgehead atoms. The largest absolute Gasteiger partial charge is 0.476 e. The van der Waals surface area contributed by atoms with Crippen LogP contribution in [0.2, 0.25) is 0 Å². The highest BCUT2D eigenvalue weighted by Crippen LogP contribution is 2.40. The average molecular weight is 235 g/mol. The zero-order chi connectivity index (χ0) is 12.0. The number of nitrogens with two attached hydrogens (primary N) is 1. The second-order valence-electron chi connectivity index (χ2n) is 3.84. The maximum absolute atomic E-state index is 11.0. The van der Waals surface area contributed by atoms with Crippen LogP contribution in [0.25, 0.3) is 11.5 Å². The molecule has 0 fully saturated rings. The lowest BCUT2D eigenvalue weighted by Gasteiger charge is -2.17. The van der Waals surface area contributed by atoms with Crippen LogP contribution >= 0.6 is 0 Å². The SMILES string of the molecule is NCC1Cc2ncoc2-c2onc(C(=O)O)c21. The van der Waals surface area contributed by atoms with Crippen molar-refractivity contribution in [3.8, 4) is 11.5 Å². The first-order valence-corrected chi connectivity index (χ1v) is 5.08. The Kier molecular flexibility index (Phi) is 2.02. The van der Waals surface area contributed by atoms with Gasteiger partial charge in [-0.25, -0.2) is 9.78 Å². The van der Waals surface area contributed by atoms with Gasteiger partial charge < -0.3 is 19.8 Å². The molecule has 2 aromatic rings. The maximum Gasteiger partial charge on any atom is 0.358 e. The van der Waals surface area contributed by atoms with Gasteiger partial charge in [0.05, 0.1) is 5.69 Å². The van der Waals surface area contributed by atoms with E-state index in [-0.39, 0.29) is 11.6 Å². The van der Waals surface area contributed by atoms with Crippen molar-refractivity contribution in [1.29, 1.82) is 0 Å². The Morgan fingerprint density at radius 1 is 1.59 bits per heavy atom. The van der Waals surface area contributed by atoms with E-state index in [4.69, 9.17) is 19.8 Å². The number of carbonyl (C=O) groups is 1. The molecule has 7 heteroatoms. The predicted octanol–water partition coefficient (Wildman–Crippen LogP) is 0.626. The summed E-state index contributed by atoms with van der Waals surface area (Å²) in [5, 5.41) is 12.6. The van der Waals surface area contributed by atoms with E-state index in [0.29, 0.717) is 30.0 Å². The Balaban J connectivity index is 2.24. The van der Waals surface area contributed by atoms with Crippen LogP contribution in [-0.4, -0.2) is 27.8 Å². The van der Waals surface area contributed by atoms with E-state index in [0.717, 1.165) is 5.69 Å². The number of carboxylic acids is 1. The summed E-state index contributed by atoms with van der Waals surface area (Å²) in [5.74, 6) is -0.502. The van der Waals surface area contributed by atoms with Crippen LogP contribution in [-0.2, 0) is 6.42 Å². The molecule has 0 amide bonds. The van der Waals surface area contributed by atoms with Crippen molar-refractivity contribution in [1.82, 2.24) is 10.1 Å². The summed E-state index contributed by atoms with van der Waals surface area (Å²) in [5.41, 5.74) is 6.78. The number of fused-ring (bicyclic) bond motifs is 3. The lowest BCUT2D eigenvalue weighted by molar-refractivity contribution is 0.0684. The molecule has 1 aliphatic carbocycles. The summed E-state index contributed by atoms with van der Waals surface area (Å²) in [6.07, 6.45) is 1.84. The summed E-state index contributed by atoms with van der Waals surface area (Å²) in [6.45, 7) is 0.306. The Bertz CT molecular complexity index is 586. The van der Waals surface area contributed by atoms with Crippen LogP contribution in [0.4, 0.5) is 0 Å². The third-order valence-electron chi connectivity index (χ3n) is 2.91. The highest BCUT2D eigenvalue weighted by Gasteiger charge is 2.36. The van der Waals surface area contributed by atoms with Gasteiger partial charge >= 0.3 is 5.97 Å². The normalized spacial score (nSPS) is 17.6. The van der Waals surface area contributed by atoms with E-state index in [9.17, 15) is 4.79 Å². The molecule has 17 heavy (non-hydrogen) atoms. The predicted molar refractivity (Wildman–Crippen MR) is 54.5 cm³/mol. The molecular weight excluding hydrogens is 226 g/mol. The summed E-state index contributed by atoms with van der Waals surface area (Å²) in [6, 6.07) is 0. The first-order chi connectivity index (χ1) is 8.22.